The molecule has 0 spiro atoms. The van der Waals surface area contributed by atoms with Gasteiger partial charge in [-0.15, -0.1) is 11.3 Å². The Kier molecular flexibility index (Phi) is 6.87. The second kappa shape index (κ2) is 9.84. The fourth-order valence-corrected chi connectivity index (χ4v) is 4.59. The van der Waals surface area contributed by atoms with Gasteiger partial charge in [-0.25, -0.2) is 4.79 Å². The number of thiophene rings is 1. The van der Waals surface area contributed by atoms with Gasteiger partial charge in [0.2, 0.25) is 0 Å². The molecule has 11 heteroatoms. The number of benzene rings is 2. The van der Waals surface area contributed by atoms with Crippen LogP contribution in [0.3, 0.4) is 0 Å². The van der Waals surface area contributed by atoms with E-state index >= 15 is 0 Å². The standard InChI is InChI=1S/C23H17Cl2N3O5S/c1-3-33-23(31)19-16-11-34-21(26-20(29)15-10-13(25)7-8-17(15)32-2)18(16)22(30)28(27-19)14-6-4-5-12(24)9-14/h4-11H,3H2,1-2H3,(H,26,29). The van der Waals surface area contributed by atoms with Crippen LogP contribution in [0.15, 0.2) is 52.6 Å². The number of hydrogen-bond acceptors (Lipinski definition) is 7. The van der Waals surface area contributed by atoms with Gasteiger partial charge in [0.15, 0.2) is 5.69 Å². The summed E-state index contributed by atoms with van der Waals surface area (Å²) < 4.78 is 11.4. The Morgan fingerprint density at radius 3 is 2.62 bits per heavy atom. The van der Waals surface area contributed by atoms with Gasteiger partial charge in [-0.3, -0.25) is 9.59 Å². The highest BCUT2D eigenvalue weighted by molar-refractivity contribution is 7.16. The van der Waals surface area contributed by atoms with Crippen LogP contribution in [-0.4, -0.2) is 35.4 Å². The Bertz CT molecular complexity index is 1480. The van der Waals surface area contributed by atoms with E-state index in [0.29, 0.717) is 21.5 Å². The second-order valence-electron chi connectivity index (χ2n) is 6.92. The molecule has 174 valence electrons. The minimum Gasteiger partial charge on any atom is -0.496 e. The number of ether oxygens (including phenoxy) is 2. The van der Waals surface area contributed by atoms with Crippen molar-refractivity contribution in [1.82, 2.24) is 9.78 Å². The minimum atomic E-state index is -0.699. The average Bonchev–Trinajstić information content (AvgIpc) is 3.23. The van der Waals surface area contributed by atoms with Gasteiger partial charge >= 0.3 is 5.97 Å². The van der Waals surface area contributed by atoms with Crippen LogP contribution in [0, 0.1) is 0 Å². The number of hydrogen-bond donors (Lipinski definition) is 1. The molecule has 1 amide bonds. The van der Waals surface area contributed by atoms with Crippen molar-refractivity contribution in [3.05, 3.63) is 79.5 Å². The summed E-state index contributed by atoms with van der Waals surface area (Å²) in [7, 11) is 1.43. The number of nitrogens with one attached hydrogen (secondary N) is 1. The van der Waals surface area contributed by atoms with Gasteiger partial charge in [-0.2, -0.15) is 9.78 Å². The lowest BCUT2D eigenvalue weighted by Crippen LogP contribution is -2.25. The van der Waals surface area contributed by atoms with Crippen molar-refractivity contribution in [1.29, 1.82) is 0 Å². The summed E-state index contributed by atoms with van der Waals surface area (Å²) in [6.07, 6.45) is 0. The number of anilines is 1. The molecule has 0 atom stereocenters. The van der Waals surface area contributed by atoms with Crippen LogP contribution in [-0.2, 0) is 4.74 Å². The number of methoxy groups -OCH3 is 1. The molecule has 4 rings (SSSR count). The summed E-state index contributed by atoms with van der Waals surface area (Å²) in [6, 6.07) is 11.1. The molecular weight excluding hydrogens is 501 g/mol. The van der Waals surface area contributed by atoms with E-state index in [4.69, 9.17) is 32.7 Å². The van der Waals surface area contributed by atoms with E-state index in [1.54, 1.807) is 42.6 Å². The smallest absolute Gasteiger partial charge is 0.359 e. The third-order valence-electron chi connectivity index (χ3n) is 4.81. The number of nitrogens with zero attached hydrogens (tertiary/aromatic N) is 2. The molecule has 34 heavy (non-hydrogen) atoms. The summed E-state index contributed by atoms with van der Waals surface area (Å²) in [5.74, 6) is -0.922. The molecule has 0 unspecified atom stereocenters. The van der Waals surface area contributed by atoms with E-state index in [-0.39, 0.29) is 33.6 Å². The first-order valence-electron chi connectivity index (χ1n) is 9.96. The van der Waals surface area contributed by atoms with Crippen molar-refractivity contribution in [2.45, 2.75) is 6.92 Å². The maximum absolute atomic E-state index is 13.5. The fraction of sp³-hybridized carbons (Fsp3) is 0.130. The van der Waals surface area contributed by atoms with Crippen molar-refractivity contribution in [2.75, 3.05) is 19.0 Å². The number of fused-ring (bicyclic) bond motifs is 1. The lowest BCUT2D eigenvalue weighted by Gasteiger charge is -2.11. The van der Waals surface area contributed by atoms with Crippen molar-refractivity contribution in [3.63, 3.8) is 0 Å². The lowest BCUT2D eigenvalue weighted by atomic mass is 10.1. The van der Waals surface area contributed by atoms with E-state index in [2.05, 4.69) is 10.4 Å². The van der Waals surface area contributed by atoms with Gasteiger partial charge in [0.05, 0.1) is 30.4 Å². The molecule has 0 aliphatic rings. The number of halogens is 2. The number of esters is 1. The first kappa shape index (κ1) is 23.7. The number of amides is 1. The van der Waals surface area contributed by atoms with Crippen LogP contribution in [0.25, 0.3) is 16.5 Å². The van der Waals surface area contributed by atoms with Gasteiger partial charge in [0, 0.05) is 20.8 Å². The zero-order valence-electron chi connectivity index (χ0n) is 17.9. The Labute approximate surface area is 207 Å². The average molecular weight is 518 g/mol. The molecule has 0 saturated heterocycles. The summed E-state index contributed by atoms with van der Waals surface area (Å²) in [5, 5.41) is 9.89. The Hall–Kier alpha value is -3.40. The number of aromatic nitrogens is 2. The summed E-state index contributed by atoms with van der Waals surface area (Å²) in [4.78, 5) is 39.2. The predicted octanol–water partition coefficient (Wildman–Crippen LogP) is 5.19. The molecule has 0 radical (unpaired) electrons. The van der Waals surface area contributed by atoms with Crippen LogP contribution in [0.2, 0.25) is 10.0 Å². The van der Waals surface area contributed by atoms with Gasteiger partial charge in [-0.05, 0) is 43.3 Å². The van der Waals surface area contributed by atoms with E-state index in [0.717, 1.165) is 16.0 Å². The zero-order valence-corrected chi connectivity index (χ0v) is 20.3. The van der Waals surface area contributed by atoms with Gasteiger partial charge < -0.3 is 14.8 Å². The van der Waals surface area contributed by atoms with E-state index < -0.39 is 17.4 Å². The molecular formula is C23H17Cl2N3O5S. The molecule has 0 aliphatic carbocycles. The molecule has 8 nitrogen and oxygen atoms in total. The van der Waals surface area contributed by atoms with E-state index in [9.17, 15) is 14.4 Å². The highest BCUT2D eigenvalue weighted by Gasteiger charge is 2.24. The Balaban J connectivity index is 1.89. The van der Waals surface area contributed by atoms with Gasteiger partial charge in [0.25, 0.3) is 11.5 Å². The fourth-order valence-electron chi connectivity index (χ4n) is 3.30. The maximum atomic E-state index is 13.5. The largest absolute Gasteiger partial charge is 0.496 e. The van der Waals surface area contributed by atoms with Crippen LogP contribution in [0.4, 0.5) is 5.00 Å². The van der Waals surface area contributed by atoms with Crippen LogP contribution in [0.1, 0.15) is 27.8 Å². The third-order valence-corrected chi connectivity index (χ3v) is 6.17. The quantitative estimate of drug-likeness (QED) is 0.353. The maximum Gasteiger partial charge on any atom is 0.359 e. The normalized spacial score (nSPS) is 10.8. The molecule has 2 aromatic heterocycles. The van der Waals surface area contributed by atoms with Crippen molar-refractivity contribution in [3.8, 4) is 11.4 Å². The summed E-state index contributed by atoms with van der Waals surface area (Å²) in [6.45, 7) is 1.79. The number of carbonyl (C=O) groups excluding carboxylic acids is 2. The van der Waals surface area contributed by atoms with E-state index in [1.165, 1.54) is 19.2 Å². The highest BCUT2D eigenvalue weighted by atomic mass is 35.5. The van der Waals surface area contributed by atoms with E-state index in [1.807, 2.05) is 0 Å². The van der Waals surface area contributed by atoms with Gasteiger partial charge in [0.1, 0.15) is 10.8 Å². The Morgan fingerprint density at radius 1 is 1.15 bits per heavy atom. The summed E-state index contributed by atoms with van der Waals surface area (Å²) in [5.41, 5.74) is -0.0650. The van der Waals surface area contributed by atoms with Crippen LogP contribution < -0.4 is 15.6 Å². The molecule has 2 heterocycles. The first-order chi connectivity index (χ1) is 16.3. The predicted molar refractivity (Wildman–Crippen MR) is 132 cm³/mol. The van der Waals surface area contributed by atoms with Crippen LogP contribution in [0.5, 0.6) is 5.75 Å². The first-order valence-corrected chi connectivity index (χ1v) is 11.6. The topological polar surface area (TPSA) is 99.5 Å². The minimum absolute atomic E-state index is 0.0616. The third kappa shape index (κ3) is 4.50. The lowest BCUT2D eigenvalue weighted by molar-refractivity contribution is 0.0520. The molecule has 4 aromatic rings. The van der Waals surface area contributed by atoms with Crippen LogP contribution >= 0.6 is 34.5 Å². The van der Waals surface area contributed by atoms with Crippen molar-refractivity contribution in [2.24, 2.45) is 0 Å². The number of carbonyl (C=O) groups is 2. The molecule has 0 saturated carbocycles. The molecule has 2 aromatic carbocycles. The molecule has 0 fully saturated rings. The second-order valence-corrected chi connectivity index (χ2v) is 8.67. The van der Waals surface area contributed by atoms with Crippen molar-refractivity contribution >= 4 is 62.2 Å². The highest BCUT2D eigenvalue weighted by Crippen LogP contribution is 2.32. The zero-order chi connectivity index (χ0) is 24.4. The van der Waals surface area contributed by atoms with Gasteiger partial charge in [-0.1, -0.05) is 29.3 Å². The molecule has 1 N–H and O–H groups in total. The Morgan fingerprint density at radius 2 is 1.91 bits per heavy atom. The summed E-state index contributed by atoms with van der Waals surface area (Å²) >= 11 is 13.2. The molecule has 0 aliphatic heterocycles. The van der Waals surface area contributed by atoms with Crippen molar-refractivity contribution < 1.29 is 19.1 Å². The SMILES string of the molecule is CCOC(=O)c1nn(-c2cccc(Cl)c2)c(=O)c2c(NC(=O)c3cc(Cl)ccc3OC)scc12. The number of rotatable bonds is 6. The monoisotopic (exact) mass is 517 g/mol. The molecule has 0 bridgehead atoms.